The fraction of sp³-hybridized carbons (Fsp3) is 0.222. The predicted molar refractivity (Wildman–Crippen MR) is 212 cm³/mol. The lowest BCUT2D eigenvalue weighted by molar-refractivity contribution is 0.0670. The fourth-order valence-electron chi connectivity index (χ4n) is 7.68. The van der Waals surface area contributed by atoms with Gasteiger partial charge in [-0.1, -0.05) is 42.5 Å². The van der Waals surface area contributed by atoms with E-state index in [4.69, 9.17) is 9.47 Å². The third-order valence-corrected chi connectivity index (χ3v) is 10.8. The molecular weight excluding hydrogens is 708 g/mol. The van der Waals surface area contributed by atoms with Crippen LogP contribution in [0.5, 0.6) is 11.5 Å². The number of likely N-dealkylation sites (tertiary alicyclic amines) is 1. The van der Waals surface area contributed by atoms with Crippen molar-refractivity contribution in [2.24, 2.45) is 0 Å². The minimum absolute atomic E-state index is 0.0610. The summed E-state index contributed by atoms with van der Waals surface area (Å²) >= 11 is 0. The largest absolute Gasteiger partial charge is 0.493 e. The summed E-state index contributed by atoms with van der Waals surface area (Å²) in [7, 11) is 1.58. The van der Waals surface area contributed by atoms with Gasteiger partial charge in [0.2, 0.25) is 5.95 Å². The number of methoxy groups -OCH3 is 1. The van der Waals surface area contributed by atoms with Crippen molar-refractivity contribution in [2.75, 3.05) is 37.0 Å². The van der Waals surface area contributed by atoms with Gasteiger partial charge in [-0.25, -0.2) is 14.4 Å². The number of benzene rings is 4. The van der Waals surface area contributed by atoms with Gasteiger partial charge in [0.25, 0.3) is 11.8 Å². The topological polar surface area (TPSA) is 110 Å². The molecule has 282 valence electrons. The molecule has 1 saturated heterocycles. The number of nitrogens with zero attached hydrogens (tertiary/aromatic N) is 5. The summed E-state index contributed by atoms with van der Waals surface area (Å²) in [4.78, 5) is 44.9. The molecule has 6 aromatic rings. The maximum atomic E-state index is 14.9. The van der Waals surface area contributed by atoms with Crippen LogP contribution in [0.1, 0.15) is 55.8 Å². The Morgan fingerprint density at radius 2 is 1.66 bits per heavy atom. The van der Waals surface area contributed by atoms with Crippen molar-refractivity contribution in [2.45, 2.75) is 38.3 Å². The minimum Gasteiger partial charge on any atom is -0.493 e. The quantitative estimate of drug-likeness (QED) is 0.150. The van der Waals surface area contributed by atoms with Crippen molar-refractivity contribution in [1.29, 1.82) is 0 Å². The van der Waals surface area contributed by atoms with Crippen molar-refractivity contribution < 1.29 is 23.5 Å². The molecule has 0 aliphatic carbocycles. The summed E-state index contributed by atoms with van der Waals surface area (Å²) in [5.41, 5.74) is 6.47. The zero-order valence-corrected chi connectivity index (χ0v) is 31.2. The van der Waals surface area contributed by atoms with E-state index in [-0.39, 0.29) is 17.6 Å². The number of carbonyl (C=O) groups excluding carboxylic acids is 2. The Labute approximate surface area is 325 Å². The number of amides is 2. The summed E-state index contributed by atoms with van der Waals surface area (Å²) in [6.07, 6.45) is 6.37. The third kappa shape index (κ3) is 7.40. The number of ether oxygens (including phenoxy) is 2. The Hall–Kier alpha value is -6.62. The summed E-state index contributed by atoms with van der Waals surface area (Å²) in [6.45, 7) is 4.01. The van der Waals surface area contributed by atoms with Crippen molar-refractivity contribution in [3.8, 4) is 22.8 Å². The zero-order valence-electron chi connectivity index (χ0n) is 31.2. The standard InChI is InChI=1S/C45H41FN6O4/c1-30-23-40(55-2)41(56-28-32-7-4-3-5-8-32)25-36(30)43(54)52-29-45(37-24-35(46)14-15-39(37)52)17-21-51(22-18-45)42(53)33-12-10-31(11-13-33)26-49-44-48-20-16-38(50-44)34-9-6-19-47-27-34/h3-16,19-20,23-25,27H,17-18,21-22,26,28-29H2,1-2H3,(H,48,49,50). The molecule has 0 bridgehead atoms. The highest BCUT2D eigenvalue weighted by Gasteiger charge is 2.47. The number of pyridine rings is 1. The Morgan fingerprint density at radius 3 is 2.41 bits per heavy atom. The highest BCUT2D eigenvalue weighted by atomic mass is 19.1. The van der Waals surface area contributed by atoms with Gasteiger partial charge in [-0.3, -0.25) is 14.6 Å². The molecule has 0 atom stereocenters. The minimum atomic E-state index is -0.497. The normalized spacial score (nSPS) is 14.3. The van der Waals surface area contributed by atoms with Crippen LogP contribution in [0.4, 0.5) is 16.0 Å². The number of hydrogen-bond donors (Lipinski definition) is 1. The van der Waals surface area contributed by atoms with E-state index in [2.05, 4.69) is 20.3 Å². The maximum absolute atomic E-state index is 14.9. The van der Waals surface area contributed by atoms with Gasteiger partial charge in [0.05, 0.1) is 12.8 Å². The molecule has 8 rings (SSSR count). The van der Waals surface area contributed by atoms with Crippen LogP contribution in [0.2, 0.25) is 0 Å². The second kappa shape index (κ2) is 15.6. The van der Waals surface area contributed by atoms with E-state index in [0.29, 0.717) is 79.9 Å². The molecule has 0 radical (unpaired) electrons. The van der Waals surface area contributed by atoms with Crippen LogP contribution in [0.3, 0.4) is 0 Å². The van der Waals surface area contributed by atoms with E-state index in [0.717, 1.165) is 33.5 Å². The van der Waals surface area contributed by atoms with Gasteiger partial charge in [-0.15, -0.1) is 0 Å². The van der Waals surface area contributed by atoms with E-state index in [9.17, 15) is 14.0 Å². The number of nitrogens with one attached hydrogen (secondary N) is 1. The molecule has 1 fully saturated rings. The molecule has 2 aromatic heterocycles. The van der Waals surface area contributed by atoms with E-state index in [1.165, 1.54) is 6.07 Å². The number of piperidine rings is 1. The van der Waals surface area contributed by atoms with Crippen molar-refractivity contribution in [1.82, 2.24) is 19.9 Å². The number of anilines is 2. The van der Waals surface area contributed by atoms with Crippen LogP contribution in [-0.4, -0.2) is 58.4 Å². The second-order valence-electron chi connectivity index (χ2n) is 14.3. The number of carbonyl (C=O) groups is 2. The molecule has 2 amide bonds. The highest BCUT2D eigenvalue weighted by Crippen LogP contribution is 2.48. The highest BCUT2D eigenvalue weighted by molar-refractivity contribution is 6.09. The fourth-order valence-corrected chi connectivity index (χ4v) is 7.68. The van der Waals surface area contributed by atoms with Crippen LogP contribution >= 0.6 is 0 Å². The van der Waals surface area contributed by atoms with E-state index < -0.39 is 5.41 Å². The SMILES string of the molecule is COc1cc(C)c(C(=O)N2CC3(CCN(C(=O)c4ccc(CNc5nccc(-c6cccnc6)n5)cc4)CC3)c3cc(F)ccc32)cc1OCc1ccccc1. The molecule has 2 aliphatic heterocycles. The van der Waals surface area contributed by atoms with Crippen LogP contribution in [0.25, 0.3) is 11.3 Å². The first kappa shape index (κ1) is 36.4. The first-order valence-corrected chi connectivity index (χ1v) is 18.6. The lowest BCUT2D eigenvalue weighted by Gasteiger charge is -2.40. The zero-order chi connectivity index (χ0) is 38.6. The van der Waals surface area contributed by atoms with E-state index in [1.807, 2.05) is 90.7 Å². The average Bonchev–Trinajstić information content (AvgIpc) is 3.55. The number of rotatable bonds is 10. The van der Waals surface area contributed by atoms with Crippen LogP contribution in [0.15, 0.2) is 122 Å². The Bertz CT molecular complexity index is 2370. The van der Waals surface area contributed by atoms with E-state index >= 15 is 0 Å². The molecule has 4 heterocycles. The van der Waals surface area contributed by atoms with Crippen LogP contribution < -0.4 is 19.7 Å². The molecule has 56 heavy (non-hydrogen) atoms. The van der Waals surface area contributed by atoms with E-state index in [1.54, 1.807) is 48.8 Å². The summed E-state index contributed by atoms with van der Waals surface area (Å²) in [5, 5.41) is 3.26. The summed E-state index contributed by atoms with van der Waals surface area (Å²) in [5.74, 6) is 0.899. The lowest BCUT2D eigenvalue weighted by atomic mass is 9.74. The summed E-state index contributed by atoms with van der Waals surface area (Å²) in [6, 6.07) is 31.2. The van der Waals surface area contributed by atoms with Crippen LogP contribution in [0, 0.1) is 12.7 Å². The van der Waals surface area contributed by atoms with Crippen molar-refractivity contribution in [3.63, 3.8) is 0 Å². The smallest absolute Gasteiger partial charge is 0.258 e. The van der Waals surface area contributed by atoms with Crippen molar-refractivity contribution in [3.05, 3.63) is 161 Å². The van der Waals surface area contributed by atoms with Crippen LogP contribution in [-0.2, 0) is 18.6 Å². The number of halogens is 1. The average molecular weight is 749 g/mol. The van der Waals surface area contributed by atoms with Gasteiger partial charge in [0.15, 0.2) is 11.5 Å². The first-order valence-electron chi connectivity index (χ1n) is 18.6. The van der Waals surface area contributed by atoms with Crippen molar-refractivity contribution >= 4 is 23.5 Å². The molecule has 2 aliphatic rings. The number of aromatic nitrogens is 3. The molecule has 1 N–H and O–H groups in total. The third-order valence-electron chi connectivity index (χ3n) is 10.8. The number of aryl methyl sites for hydroxylation is 1. The van der Waals surface area contributed by atoms with Gasteiger partial charge in [-0.05, 0) is 103 Å². The predicted octanol–water partition coefficient (Wildman–Crippen LogP) is 8.02. The van der Waals surface area contributed by atoms with Gasteiger partial charge in [0, 0.05) is 72.6 Å². The summed E-state index contributed by atoms with van der Waals surface area (Å²) < 4.78 is 26.6. The first-order chi connectivity index (χ1) is 27.3. The number of fused-ring (bicyclic) bond motifs is 2. The monoisotopic (exact) mass is 748 g/mol. The molecule has 0 saturated carbocycles. The number of hydrogen-bond acceptors (Lipinski definition) is 8. The second-order valence-corrected chi connectivity index (χ2v) is 14.3. The Balaban J connectivity index is 0.937. The molecule has 1 spiro atoms. The molecule has 0 unspecified atom stereocenters. The molecule has 10 nitrogen and oxygen atoms in total. The molecular formula is C45H41FN6O4. The Morgan fingerprint density at radius 1 is 0.857 bits per heavy atom. The van der Waals surface area contributed by atoms with Gasteiger partial charge < -0.3 is 24.6 Å². The van der Waals surface area contributed by atoms with Gasteiger partial charge >= 0.3 is 0 Å². The maximum Gasteiger partial charge on any atom is 0.258 e. The van der Waals surface area contributed by atoms with Gasteiger partial charge in [0.1, 0.15) is 12.4 Å². The molecule has 4 aromatic carbocycles. The lowest BCUT2D eigenvalue weighted by Crippen LogP contribution is -2.48. The Kier molecular flexibility index (Phi) is 10.1. The van der Waals surface area contributed by atoms with Gasteiger partial charge in [-0.2, -0.15) is 0 Å². The molecule has 11 heteroatoms.